The number of hydrogen-bond donors (Lipinski definition) is 1. The van der Waals surface area contributed by atoms with Crippen molar-refractivity contribution in [1.29, 1.82) is 0 Å². The summed E-state index contributed by atoms with van der Waals surface area (Å²) in [6, 6.07) is 32.5. The summed E-state index contributed by atoms with van der Waals surface area (Å²) in [5, 5.41) is 4.09. The average molecular weight is 407 g/mol. The van der Waals surface area contributed by atoms with Crippen LogP contribution in [0.15, 0.2) is 91.0 Å². The van der Waals surface area contributed by atoms with E-state index in [0.29, 0.717) is 19.6 Å². The Bertz CT molecular complexity index is 803. The zero-order valence-electron chi connectivity index (χ0n) is 17.3. The van der Waals surface area contributed by atoms with Crippen molar-refractivity contribution in [2.24, 2.45) is 5.73 Å². The number of carbonyl (C=O) groups excluding carboxylic acids is 1. The van der Waals surface area contributed by atoms with Gasteiger partial charge in [0, 0.05) is 0 Å². The second-order valence-corrected chi connectivity index (χ2v) is 11.9. The van der Waals surface area contributed by atoms with Gasteiger partial charge in [0.05, 0.1) is 0 Å². The van der Waals surface area contributed by atoms with Gasteiger partial charge in [-0.3, -0.25) is 0 Å². The molecule has 0 aromatic heterocycles. The van der Waals surface area contributed by atoms with Crippen LogP contribution >= 0.6 is 7.26 Å². The maximum absolute atomic E-state index is 12.3. The molecule has 1 atom stereocenters. The Kier molecular flexibility index (Phi) is 7.19. The SMILES string of the molecule is CC(=O)N(CCN)CC(C)[PH](c1ccccc1)(c1ccccc1)c1ccccc1. The summed E-state index contributed by atoms with van der Waals surface area (Å²) >= 11 is 0. The molecular weight excluding hydrogens is 375 g/mol. The summed E-state index contributed by atoms with van der Waals surface area (Å²) in [6.45, 7) is 5.69. The van der Waals surface area contributed by atoms with Gasteiger partial charge in [0.2, 0.25) is 0 Å². The van der Waals surface area contributed by atoms with E-state index in [9.17, 15) is 4.79 Å². The molecule has 1 unspecified atom stereocenters. The van der Waals surface area contributed by atoms with E-state index in [2.05, 4.69) is 97.9 Å². The van der Waals surface area contributed by atoms with E-state index in [-0.39, 0.29) is 11.6 Å². The fourth-order valence-electron chi connectivity index (χ4n) is 4.46. The normalized spacial score (nSPS) is 12.9. The Morgan fingerprint density at radius 1 is 0.828 bits per heavy atom. The van der Waals surface area contributed by atoms with Gasteiger partial charge >= 0.3 is 175 Å². The molecule has 2 N–H and O–H groups in total. The Morgan fingerprint density at radius 2 is 1.21 bits per heavy atom. The first kappa shape index (κ1) is 21.2. The molecule has 0 radical (unpaired) electrons. The number of rotatable bonds is 8. The van der Waals surface area contributed by atoms with Crippen molar-refractivity contribution in [3.05, 3.63) is 91.0 Å². The molecule has 4 heteroatoms. The van der Waals surface area contributed by atoms with E-state index in [0.717, 1.165) is 0 Å². The van der Waals surface area contributed by atoms with Crippen molar-refractivity contribution in [2.45, 2.75) is 19.5 Å². The van der Waals surface area contributed by atoms with E-state index in [1.807, 2.05) is 4.90 Å². The van der Waals surface area contributed by atoms with Crippen molar-refractivity contribution in [3.63, 3.8) is 0 Å². The van der Waals surface area contributed by atoms with Gasteiger partial charge in [-0.25, -0.2) is 0 Å². The molecule has 3 aromatic rings. The van der Waals surface area contributed by atoms with Crippen LogP contribution in [0, 0.1) is 0 Å². The molecule has 3 nitrogen and oxygen atoms in total. The van der Waals surface area contributed by atoms with Crippen molar-refractivity contribution >= 4 is 29.1 Å². The van der Waals surface area contributed by atoms with Gasteiger partial charge in [-0.2, -0.15) is 0 Å². The standard InChI is InChI=1S/C25H31N2OP/c1-21(20-27(19-18-26)22(2)28)29(23-12-6-3-7-13-23,24-14-8-4-9-15-24)25-16-10-5-11-17-25/h3-17,21,29H,18-20,26H2,1-2H3. The molecule has 0 aliphatic rings. The zero-order chi connectivity index (χ0) is 20.7. The summed E-state index contributed by atoms with van der Waals surface area (Å²) in [7, 11) is -2.40. The monoisotopic (exact) mass is 406 g/mol. The van der Waals surface area contributed by atoms with Crippen molar-refractivity contribution in [2.75, 3.05) is 19.6 Å². The van der Waals surface area contributed by atoms with Crippen LogP contribution in [0.2, 0.25) is 0 Å². The molecule has 3 aromatic carbocycles. The third-order valence-corrected chi connectivity index (χ3v) is 11.2. The van der Waals surface area contributed by atoms with Gasteiger partial charge in [-0.1, -0.05) is 0 Å². The van der Waals surface area contributed by atoms with Crippen LogP contribution in [0.1, 0.15) is 13.8 Å². The van der Waals surface area contributed by atoms with Crippen LogP contribution in [0.5, 0.6) is 0 Å². The van der Waals surface area contributed by atoms with E-state index in [1.165, 1.54) is 15.9 Å². The summed E-state index contributed by atoms with van der Waals surface area (Å²) in [6.07, 6.45) is 0. The molecular formula is C25H31N2OP. The number of carbonyl (C=O) groups is 1. The molecule has 0 saturated carbocycles. The number of nitrogens with two attached hydrogens (primary N) is 1. The van der Waals surface area contributed by atoms with Gasteiger partial charge in [-0.15, -0.1) is 0 Å². The van der Waals surface area contributed by atoms with Crippen molar-refractivity contribution in [1.82, 2.24) is 4.90 Å². The Labute approximate surface area is 174 Å². The molecule has 0 bridgehead atoms. The third-order valence-electron chi connectivity index (χ3n) is 5.77. The molecule has 29 heavy (non-hydrogen) atoms. The van der Waals surface area contributed by atoms with Crippen LogP contribution < -0.4 is 21.6 Å². The quantitative estimate of drug-likeness (QED) is 0.585. The first-order valence-corrected chi connectivity index (χ1v) is 12.3. The summed E-state index contributed by atoms with van der Waals surface area (Å²) in [4.78, 5) is 14.2. The molecule has 0 spiro atoms. The van der Waals surface area contributed by atoms with Crippen LogP contribution in [0.4, 0.5) is 0 Å². The predicted octanol–water partition coefficient (Wildman–Crippen LogP) is 2.91. The van der Waals surface area contributed by atoms with Crippen LogP contribution in [0.3, 0.4) is 0 Å². The zero-order valence-corrected chi connectivity index (χ0v) is 18.3. The third kappa shape index (κ3) is 4.42. The molecule has 1 amide bonds. The Balaban J connectivity index is 2.23. The number of benzene rings is 3. The van der Waals surface area contributed by atoms with Crippen molar-refractivity contribution in [3.8, 4) is 0 Å². The molecule has 0 aliphatic heterocycles. The summed E-state index contributed by atoms with van der Waals surface area (Å²) in [5.74, 6) is 0.0828. The molecule has 3 rings (SSSR count). The minimum atomic E-state index is -2.40. The topological polar surface area (TPSA) is 46.3 Å². The van der Waals surface area contributed by atoms with Gasteiger partial charge < -0.3 is 0 Å². The average Bonchev–Trinajstić information content (AvgIpc) is 2.76. The molecule has 152 valence electrons. The van der Waals surface area contributed by atoms with Gasteiger partial charge in [-0.05, 0) is 0 Å². The number of hydrogen-bond acceptors (Lipinski definition) is 2. The molecule has 0 fully saturated rings. The number of amides is 1. The molecule has 0 saturated heterocycles. The fourth-order valence-corrected chi connectivity index (χ4v) is 9.81. The first-order chi connectivity index (χ1) is 14.1. The van der Waals surface area contributed by atoms with Crippen LogP contribution in [-0.4, -0.2) is 36.1 Å². The van der Waals surface area contributed by atoms with E-state index in [1.54, 1.807) is 6.92 Å². The van der Waals surface area contributed by atoms with Crippen LogP contribution in [-0.2, 0) is 4.79 Å². The van der Waals surface area contributed by atoms with Crippen molar-refractivity contribution < 1.29 is 4.79 Å². The molecule has 0 aliphatic carbocycles. The molecule has 0 heterocycles. The number of nitrogens with zero attached hydrogens (tertiary/aromatic N) is 1. The van der Waals surface area contributed by atoms with E-state index >= 15 is 0 Å². The van der Waals surface area contributed by atoms with E-state index in [4.69, 9.17) is 5.73 Å². The fraction of sp³-hybridized carbons (Fsp3) is 0.240. The maximum atomic E-state index is 12.3. The summed E-state index contributed by atoms with van der Waals surface area (Å²) < 4.78 is 0. The second-order valence-electron chi connectivity index (χ2n) is 7.56. The van der Waals surface area contributed by atoms with Gasteiger partial charge in [0.15, 0.2) is 0 Å². The first-order valence-electron chi connectivity index (χ1n) is 10.2. The second kappa shape index (κ2) is 9.82. The van der Waals surface area contributed by atoms with Gasteiger partial charge in [0.25, 0.3) is 0 Å². The van der Waals surface area contributed by atoms with Gasteiger partial charge in [0.1, 0.15) is 0 Å². The Morgan fingerprint density at radius 3 is 1.52 bits per heavy atom. The summed E-state index contributed by atoms with van der Waals surface area (Å²) in [5.41, 5.74) is 6.07. The minimum absolute atomic E-state index is 0.0828. The van der Waals surface area contributed by atoms with E-state index < -0.39 is 7.26 Å². The predicted molar refractivity (Wildman–Crippen MR) is 127 cm³/mol. The van der Waals surface area contributed by atoms with Crippen LogP contribution in [0.25, 0.3) is 0 Å². The Hall–Kier alpha value is -2.48.